The first-order valence-electron chi connectivity index (χ1n) is 3.00. The zero-order chi connectivity index (χ0) is 9.56. The number of hydrogen-bond acceptors (Lipinski definition) is 0. The van der Waals surface area contributed by atoms with Gasteiger partial charge in [-0.2, -0.15) is 0 Å². The van der Waals surface area contributed by atoms with Crippen molar-refractivity contribution in [3.8, 4) is 0 Å². The molecule has 0 heterocycles. The van der Waals surface area contributed by atoms with Gasteiger partial charge in [0.25, 0.3) is 0 Å². The van der Waals surface area contributed by atoms with Crippen molar-refractivity contribution >= 4 is 38.8 Å². The third-order valence-corrected chi connectivity index (χ3v) is 1.25. The van der Waals surface area contributed by atoms with E-state index in [2.05, 4.69) is 34.2 Å². The summed E-state index contributed by atoms with van der Waals surface area (Å²) < 4.78 is 12.4. The predicted octanol–water partition coefficient (Wildman–Crippen LogP) is 4.35. The average molecular weight is 369 g/mol. The zero-order valence-corrected chi connectivity index (χ0v) is 13.1. The van der Waals surface area contributed by atoms with Crippen molar-refractivity contribution < 1.29 is 17.6 Å². The van der Waals surface area contributed by atoms with E-state index in [1.54, 1.807) is 6.07 Å². The minimum Gasteiger partial charge on any atom is -0.207 e. The summed E-state index contributed by atoms with van der Waals surface area (Å²) in [7, 11) is 0. The minimum atomic E-state index is -0.359. The molecule has 0 aliphatic heterocycles. The van der Waals surface area contributed by atoms with Gasteiger partial charge in [0.15, 0.2) is 0 Å². The van der Waals surface area contributed by atoms with E-state index < -0.39 is 0 Å². The van der Waals surface area contributed by atoms with Gasteiger partial charge in [-0.25, -0.2) is 4.39 Å². The summed E-state index contributed by atoms with van der Waals surface area (Å²) in [5, 5.41) is 0.403. The third-order valence-electron chi connectivity index (χ3n) is 1.02. The van der Waals surface area contributed by atoms with Crippen molar-refractivity contribution in [2.24, 2.45) is 0 Å². The topological polar surface area (TPSA) is 0 Å². The second-order valence-corrected chi connectivity index (χ2v) is 16.3. The van der Waals surface area contributed by atoms with E-state index in [0.717, 1.165) is 0 Å². The van der Waals surface area contributed by atoms with Crippen LogP contribution in [0.2, 0.25) is 5.02 Å². The summed E-state index contributed by atoms with van der Waals surface area (Å²) in [6.45, 7) is 3.43. The van der Waals surface area contributed by atoms with E-state index in [0.29, 0.717) is 10.6 Å². The van der Waals surface area contributed by atoms with Crippen molar-refractivity contribution in [2.75, 3.05) is 0 Å². The minimum absolute atomic E-state index is 0.250. The maximum Gasteiger partial charge on any atom is 0.127 e. The van der Waals surface area contributed by atoms with Crippen molar-refractivity contribution in [2.45, 2.75) is 0 Å². The van der Waals surface area contributed by atoms with Crippen LogP contribution in [0.15, 0.2) is 18.2 Å². The van der Waals surface area contributed by atoms with Crippen LogP contribution in [0.3, 0.4) is 0 Å². The average Bonchev–Trinajstić information content (AvgIpc) is 1.99. The molecule has 0 fully saturated rings. The molecule has 1 aromatic rings. The van der Waals surface area contributed by atoms with Crippen LogP contribution in [0.1, 0.15) is 5.56 Å². The van der Waals surface area contributed by atoms with Gasteiger partial charge >= 0.3 is 40.5 Å². The fourth-order valence-electron chi connectivity index (χ4n) is 0.522. The first-order chi connectivity index (χ1) is 5.61. The quantitative estimate of drug-likeness (QED) is 0.597. The Balaban J connectivity index is 0.000000354. The van der Waals surface area contributed by atoms with Gasteiger partial charge in [-0.05, 0) is 24.6 Å². The van der Waals surface area contributed by atoms with E-state index in [1.807, 2.05) is 0 Å². The molecule has 63 valence electrons. The van der Waals surface area contributed by atoms with Crippen LogP contribution >= 0.6 is 38.8 Å². The van der Waals surface area contributed by atoms with E-state index in [4.69, 9.17) is 11.6 Å². The van der Waals surface area contributed by atoms with E-state index in [1.165, 1.54) is 12.1 Å². The van der Waals surface area contributed by atoms with Crippen molar-refractivity contribution in [3.63, 3.8) is 0 Å². The monoisotopic (exact) mass is 365 g/mol. The predicted molar refractivity (Wildman–Crippen MR) is 53.7 cm³/mol. The smallest absolute Gasteiger partial charge is 0.127 e. The van der Waals surface area contributed by atoms with Gasteiger partial charge in [0.2, 0.25) is 0 Å². The Bertz CT molecular complexity index is 245. The molecule has 1 aromatic carbocycles. The van der Waals surface area contributed by atoms with Crippen molar-refractivity contribution in [3.05, 3.63) is 41.5 Å². The Morgan fingerprint density at radius 3 is 2.25 bits per heavy atom. The molecule has 0 amide bonds. The van der Waals surface area contributed by atoms with Crippen LogP contribution in [0, 0.1) is 12.7 Å². The Kier molecular flexibility index (Phi) is 8.06. The molecular formula is C7H5Br2ClFZn. The first kappa shape index (κ1) is 13.0. The Morgan fingerprint density at radius 2 is 1.92 bits per heavy atom. The number of rotatable bonds is 0. The molecule has 0 saturated carbocycles. The maximum absolute atomic E-state index is 12.4. The third kappa shape index (κ3) is 5.63. The van der Waals surface area contributed by atoms with Gasteiger partial charge in [-0.15, -0.1) is 0 Å². The molecule has 0 aliphatic carbocycles. The molecule has 0 aliphatic rings. The molecule has 5 heteroatoms. The van der Waals surface area contributed by atoms with Crippen LogP contribution in [-0.2, 0) is 13.2 Å². The Morgan fingerprint density at radius 1 is 1.42 bits per heavy atom. The van der Waals surface area contributed by atoms with Gasteiger partial charge in [-0.1, -0.05) is 17.7 Å². The van der Waals surface area contributed by atoms with Crippen LogP contribution < -0.4 is 0 Å². The molecule has 0 nitrogen and oxygen atoms in total. The van der Waals surface area contributed by atoms with Gasteiger partial charge in [0.1, 0.15) is 5.82 Å². The molecule has 12 heavy (non-hydrogen) atoms. The molecule has 0 atom stereocenters. The van der Waals surface area contributed by atoms with Crippen LogP contribution in [0.4, 0.5) is 4.39 Å². The summed E-state index contributed by atoms with van der Waals surface area (Å²) in [6, 6.07) is 4.38. The van der Waals surface area contributed by atoms with Gasteiger partial charge in [0.05, 0.1) is 0 Å². The summed E-state index contributed by atoms with van der Waals surface area (Å²) in [5.41, 5.74) is 0.374. The summed E-state index contributed by atoms with van der Waals surface area (Å²) in [4.78, 5) is 0. The van der Waals surface area contributed by atoms with Crippen molar-refractivity contribution in [1.29, 1.82) is 0 Å². The molecule has 1 rings (SSSR count). The summed E-state index contributed by atoms with van der Waals surface area (Å²) in [5.74, 6) is -0.359. The first-order valence-corrected chi connectivity index (χ1v) is 17.3. The van der Waals surface area contributed by atoms with E-state index in [-0.39, 0.29) is 19.0 Å². The second kappa shape index (κ2) is 7.43. The molecule has 0 aromatic heterocycles. The normalized spacial score (nSPS) is 8.08. The standard InChI is InChI=1S/C7H5ClF.2BrH.Zn/c1-5-2-3-6(8)4-7(5)9;;;/h2-4H,1H2;2*1H;/q;;;+2/p-2. The molecule has 1 radical (unpaired) electrons. The maximum atomic E-state index is 12.4. The molecule has 0 bridgehead atoms. The van der Waals surface area contributed by atoms with Gasteiger partial charge < -0.3 is 0 Å². The number of halogens is 4. The van der Waals surface area contributed by atoms with Crippen molar-refractivity contribution in [1.82, 2.24) is 0 Å². The fraction of sp³-hybridized carbons (Fsp3) is 0. The van der Waals surface area contributed by atoms with Gasteiger partial charge in [0, 0.05) is 5.02 Å². The van der Waals surface area contributed by atoms with E-state index >= 15 is 0 Å². The Hall–Kier alpha value is 1.02. The van der Waals surface area contributed by atoms with E-state index in [9.17, 15) is 4.39 Å². The van der Waals surface area contributed by atoms with Crippen LogP contribution in [0.25, 0.3) is 0 Å². The molecule has 0 unspecified atom stereocenters. The number of benzene rings is 1. The number of hydrogen-bond donors (Lipinski definition) is 0. The van der Waals surface area contributed by atoms with Crippen LogP contribution in [0.5, 0.6) is 0 Å². The van der Waals surface area contributed by atoms with Crippen LogP contribution in [-0.4, -0.2) is 0 Å². The van der Waals surface area contributed by atoms with Gasteiger partial charge in [-0.3, -0.25) is 0 Å². The largest absolute Gasteiger partial charge is 0.207 e. The zero-order valence-electron chi connectivity index (χ0n) is 6.16. The fourth-order valence-corrected chi connectivity index (χ4v) is 0.680. The SMILES string of the molecule is [Br][Zn][Br].[CH2]c1ccc(Cl)cc1F. The molecule has 0 N–H and O–H groups in total. The molecule has 0 spiro atoms. The summed E-state index contributed by atoms with van der Waals surface area (Å²) >= 11 is 11.7. The summed E-state index contributed by atoms with van der Waals surface area (Å²) in [6.07, 6.45) is 0. The molecular weight excluding hydrogens is 364 g/mol. The second-order valence-electron chi connectivity index (χ2n) is 1.84. The Labute approximate surface area is 97.2 Å². The molecule has 0 saturated heterocycles.